The quantitative estimate of drug-likeness (QED) is 0.624. The zero-order valence-corrected chi connectivity index (χ0v) is 19.3. The minimum atomic E-state index is -0.376. The van der Waals surface area contributed by atoms with E-state index in [4.69, 9.17) is 14.3 Å². The Morgan fingerprint density at radius 2 is 1.61 bits per heavy atom. The maximum atomic E-state index is 6.15. The largest absolute Gasteiger partial charge is 0.496 e. The number of rotatable bonds is 6. The lowest BCUT2D eigenvalue weighted by Crippen LogP contribution is -2.41. The molecule has 1 fully saturated rings. The Hall–Kier alpha value is -1.21. The lowest BCUT2D eigenvalue weighted by atomic mass is 9.79. The van der Waals surface area contributed by atoms with Gasteiger partial charge in [0.15, 0.2) is 0 Å². The fourth-order valence-electron chi connectivity index (χ4n) is 3.31. The van der Waals surface area contributed by atoms with Gasteiger partial charge >= 0.3 is 7.12 Å². The van der Waals surface area contributed by atoms with Crippen LogP contribution in [0.5, 0.6) is 0 Å². The Balaban J connectivity index is 1.83. The number of aromatic nitrogens is 1. The molecule has 28 heavy (non-hydrogen) atoms. The van der Waals surface area contributed by atoms with Gasteiger partial charge in [0.05, 0.1) is 11.2 Å². The molecule has 0 aliphatic carbocycles. The summed E-state index contributed by atoms with van der Waals surface area (Å²) >= 11 is 3.53. The summed E-state index contributed by atoms with van der Waals surface area (Å²) in [7, 11) is 3.83. The molecule has 3 rings (SSSR count). The first-order valence-electron chi connectivity index (χ1n) is 9.81. The molecule has 1 atom stereocenters. The summed E-state index contributed by atoms with van der Waals surface area (Å²) in [6, 6.07) is 12.7. The highest BCUT2D eigenvalue weighted by atomic mass is 79.9. The van der Waals surface area contributed by atoms with Crippen LogP contribution < -0.4 is 5.46 Å². The van der Waals surface area contributed by atoms with Gasteiger partial charge in [-0.1, -0.05) is 34.1 Å². The van der Waals surface area contributed by atoms with Gasteiger partial charge < -0.3 is 14.2 Å². The third-order valence-corrected chi connectivity index (χ3v) is 6.36. The van der Waals surface area contributed by atoms with Crippen molar-refractivity contribution in [3.63, 3.8) is 0 Å². The Morgan fingerprint density at radius 1 is 1.00 bits per heavy atom. The average molecular weight is 445 g/mol. The van der Waals surface area contributed by atoms with E-state index in [2.05, 4.69) is 99.0 Å². The lowest BCUT2D eigenvalue weighted by Gasteiger charge is -2.32. The number of pyridine rings is 1. The van der Waals surface area contributed by atoms with Crippen molar-refractivity contribution < 1.29 is 9.31 Å². The fourth-order valence-corrected chi connectivity index (χ4v) is 3.57. The molecule has 2 heterocycles. The summed E-state index contributed by atoms with van der Waals surface area (Å²) in [5.41, 5.74) is 2.62. The molecular formula is C22H30BBrN2O2. The van der Waals surface area contributed by atoms with Crippen LogP contribution in [-0.4, -0.2) is 48.8 Å². The Bertz CT molecular complexity index is 775. The van der Waals surface area contributed by atoms with Crippen molar-refractivity contribution in [3.05, 3.63) is 58.3 Å². The minimum Gasteiger partial charge on any atom is -0.399 e. The van der Waals surface area contributed by atoms with Crippen LogP contribution in [0.4, 0.5) is 0 Å². The number of nitrogens with zero attached hydrogens (tertiary/aromatic N) is 2. The molecule has 1 aromatic carbocycles. The molecule has 0 spiro atoms. The van der Waals surface area contributed by atoms with E-state index in [9.17, 15) is 0 Å². The maximum Gasteiger partial charge on any atom is 0.496 e. The van der Waals surface area contributed by atoms with Gasteiger partial charge in [-0.15, -0.1) is 0 Å². The summed E-state index contributed by atoms with van der Waals surface area (Å²) in [4.78, 5) is 7.02. The second kappa shape index (κ2) is 8.27. The van der Waals surface area contributed by atoms with E-state index in [1.165, 1.54) is 5.56 Å². The van der Waals surface area contributed by atoms with Gasteiger partial charge in [0.25, 0.3) is 0 Å². The molecule has 1 aliphatic heterocycles. The number of hydrogen-bond acceptors (Lipinski definition) is 4. The van der Waals surface area contributed by atoms with Crippen LogP contribution in [0.1, 0.15) is 51.3 Å². The van der Waals surface area contributed by atoms with Crippen molar-refractivity contribution in [1.82, 2.24) is 9.88 Å². The monoisotopic (exact) mass is 444 g/mol. The van der Waals surface area contributed by atoms with E-state index < -0.39 is 0 Å². The van der Waals surface area contributed by atoms with E-state index >= 15 is 0 Å². The van der Waals surface area contributed by atoms with Gasteiger partial charge in [-0.3, -0.25) is 4.98 Å². The van der Waals surface area contributed by atoms with Gasteiger partial charge in [0.2, 0.25) is 0 Å². The molecule has 0 amide bonds. The molecule has 1 aliphatic rings. The van der Waals surface area contributed by atoms with Crippen molar-refractivity contribution in [2.75, 3.05) is 20.6 Å². The second-order valence-electron chi connectivity index (χ2n) is 8.80. The highest BCUT2D eigenvalue weighted by Gasteiger charge is 2.51. The van der Waals surface area contributed by atoms with Crippen molar-refractivity contribution in [2.45, 2.75) is 51.2 Å². The zero-order valence-electron chi connectivity index (χ0n) is 17.7. The van der Waals surface area contributed by atoms with Crippen molar-refractivity contribution in [1.29, 1.82) is 0 Å². The van der Waals surface area contributed by atoms with Crippen molar-refractivity contribution in [2.24, 2.45) is 0 Å². The van der Waals surface area contributed by atoms with Gasteiger partial charge in [0, 0.05) is 27.7 Å². The number of halogens is 1. The Morgan fingerprint density at radius 3 is 2.11 bits per heavy atom. The summed E-state index contributed by atoms with van der Waals surface area (Å²) in [6.07, 6.45) is 2.91. The first-order valence-corrected chi connectivity index (χ1v) is 10.6. The van der Waals surface area contributed by atoms with Crippen LogP contribution >= 0.6 is 15.9 Å². The predicted molar refractivity (Wildman–Crippen MR) is 119 cm³/mol. The molecule has 4 nitrogen and oxygen atoms in total. The Labute approximate surface area is 177 Å². The highest BCUT2D eigenvalue weighted by Crippen LogP contribution is 2.36. The minimum absolute atomic E-state index is 0.253. The van der Waals surface area contributed by atoms with Crippen LogP contribution in [0.3, 0.4) is 0 Å². The van der Waals surface area contributed by atoms with E-state index in [0.717, 1.165) is 28.6 Å². The van der Waals surface area contributed by atoms with Crippen LogP contribution in [0.25, 0.3) is 0 Å². The van der Waals surface area contributed by atoms with Crippen molar-refractivity contribution >= 4 is 28.5 Å². The first-order chi connectivity index (χ1) is 13.1. The van der Waals surface area contributed by atoms with Crippen LogP contribution in [0.2, 0.25) is 0 Å². The Kier molecular flexibility index (Phi) is 6.35. The standard InChI is InChI=1S/C22H30BBrN2O2/c1-21(2)22(3,4)28-23(27-21)17-9-12-20(25-15-17)19(13-14-26(5)6)16-7-10-18(24)11-8-16/h7-12,15,19H,13-14H2,1-6H3. The SMILES string of the molecule is CN(C)CCC(c1ccc(Br)cc1)c1ccc(B2OC(C)(C)C(C)(C)O2)cn1. The smallest absolute Gasteiger partial charge is 0.399 e. The third-order valence-electron chi connectivity index (χ3n) is 5.83. The summed E-state index contributed by atoms with van der Waals surface area (Å²) in [5.74, 6) is 0.253. The maximum absolute atomic E-state index is 6.15. The molecule has 1 aromatic heterocycles. The zero-order chi connectivity index (χ0) is 20.5. The topological polar surface area (TPSA) is 34.6 Å². The summed E-state index contributed by atoms with van der Waals surface area (Å²) < 4.78 is 13.4. The average Bonchev–Trinajstić information content (AvgIpc) is 2.84. The van der Waals surface area contributed by atoms with Gasteiger partial charge in [-0.05, 0) is 78.5 Å². The fraction of sp³-hybridized carbons (Fsp3) is 0.500. The number of benzene rings is 1. The molecule has 1 unspecified atom stereocenters. The van der Waals surface area contributed by atoms with Gasteiger partial charge in [-0.25, -0.2) is 0 Å². The van der Waals surface area contributed by atoms with Crippen molar-refractivity contribution in [3.8, 4) is 0 Å². The molecule has 1 saturated heterocycles. The second-order valence-corrected chi connectivity index (χ2v) is 9.72. The highest BCUT2D eigenvalue weighted by molar-refractivity contribution is 9.10. The summed E-state index contributed by atoms with van der Waals surface area (Å²) in [5, 5.41) is 0. The van der Waals surface area contributed by atoms with Gasteiger partial charge in [-0.2, -0.15) is 0 Å². The molecule has 150 valence electrons. The summed E-state index contributed by atoms with van der Waals surface area (Å²) in [6.45, 7) is 9.28. The first kappa shape index (κ1) is 21.5. The molecule has 6 heteroatoms. The molecule has 2 aromatic rings. The normalized spacial score (nSPS) is 19.2. The molecule has 0 N–H and O–H groups in total. The van der Waals surface area contributed by atoms with E-state index in [0.29, 0.717) is 0 Å². The van der Waals surface area contributed by atoms with E-state index in [1.807, 2.05) is 6.20 Å². The molecular weight excluding hydrogens is 415 g/mol. The van der Waals surface area contributed by atoms with Crippen LogP contribution in [0, 0.1) is 0 Å². The molecule has 0 radical (unpaired) electrons. The van der Waals surface area contributed by atoms with Crippen LogP contribution in [0.15, 0.2) is 47.1 Å². The molecule has 0 saturated carbocycles. The van der Waals surface area contributed by atoms with E-state index in [1.54, 1.807) is 0 Å². The van der Waals surface area contributed by atoms with Gasteiger partial charge in [0.1, 0.15) is 0 Å². The number of hydrogen-bond donors (Lipinski definition) is 0. The predicted octanol–water partition coefficient (Wildman–Crippen LogP) is 4.23. The lowest BCUT2D eigenvalue weighted by molar-refractivity contribution is 0.00578. The van der Waals surface area contributed by atoms with Crippen LogP contribution in [-0.2, 0) is 9.31 Å². The third kappa shape index (κ3) is 4.68. The van der Waals surface area contributed by atoms with E-state index in [-0.39, 0.29) is 24.2 Å². The molecule has 0 bridgehead atoms.